The maximum Gasteiger partial charge on any atom is 0.475 e. The molecular formula is C17H20BNO4. The Balaban J connectivity index is 2.14. The van der Waals surface area contributed by atoms with Crippen LogP contribution in [0.3, 0.4) is 0 Å². The quantitative estimate of drug-likeness (QED) is 0.628. The third-order valence-electron chi connectivity index (χ3n) is 3.75. The van der Waals surface area contributed by atoms with Crippen LogP contribution in [0.1, 0.15) is 27.0 Å². The highest BCUT2D eigenvalue weighted by Gasteiger charge is 2.27. The number of para-hydroxylation sites is 1. The van der Waals surface area contributed by atoms with E-state index in [4.69, 9.17) is 0 Å². The summed E-state index contributed by atoms with van der Waals surface area (Å²) in [6.45, 7) is 3.68. The van der Waals surface area contributed by atoms with Crippen LogP contribution in [0.4, 0.5) is 0 Å². The molecule has 2 rings (SSSR count). The van der Waals surface area contributed by atoms with E-state index in [2.05, 4.69) is 5.32 Å². The molecule has 2 aromatic rings. The summed E-state index contributed by atoms with van der Waals surface area (Å²) in [5.41, 5.74) is 2.71. The molecule has 0 aliphatic rings. The van der Waals surface area contributed by atoms with Crippen molar-refractivity contribution in [2.24, 2.45) is 0 Å². The van der Waals surface area contributed by atoms with Crippen molar-refractivity contribution in [3.63, 3.8) is 0 Å². The molecule has 0 heterocycles. The molecule has 5 nitrogen and oxygen atoms in total. The molecule has 2 aromatic carbocycles. The molecule has 0 saturated heterocycles. The van der Waals surface area contributed by atoms with Crippen LogP contribution in [0, 0.1) is 13.8 Å². The fourth-order valence-corrected chi connectivity index (χ4v) is 2.31. The van der Waals surface area contributed by atoms with Crippen molar-refractivity contribution in [3.8, 4) is 5.75 Å². The largest absolute Gasteiger partial charge is 0.507 e. The summed E-state index contributed by atoms with van der Waals surface area (Å²) >= 11 is 0. The van der Waals surface area contributed by atoms with E-state index < -0.39 is 19.0 Å². The first kappa shape index (κ1) is 17.1. The minimum absolute atomic E-state index is 0.0998. The van der Waals surface area contributed by atoms with Crippen LogP contribution < -0.4 is 5.32 Å². The number of nitrogens with one attached hydrogen (secondary N) is 1. The zero-order chi connectivity index (χ0) is 17.0. The monoisotopic (exact) mass is 313 g/mol. The highest BCUT2D eigenvalue weighted by molar-refractivity contribution is 6.43. The number of hydrogen-bond donors (Lipinski definition) is 4. The molecule has 4 N–H and O–H groups in total. The second-order valence-electron chi connectivity index (χ2n) is 5.65. The van der Waals surface area contributed by atoms with Gasteiger partial charge in [-0.2, -0.15) is 0 Å². The van der Waals surface area contributed by atoms with E-state index in [-0.39, 0.29) is 12.2 Å². The average Bonchev–Trinajstić information content (AvgIpc) is 2.51. The number of carbonyl (C=O) groups is 1. The van der Waals surface area contributed by atoms with E-state index in [1.54, 1.807) is 37.3 Å². The maximum atomic E-state index is 12.2. The minimum Gasteiger partial charge on any atom is -0.507 e. The third kappa shape index (κ3) is 4.34. The summed E-state index contributed by atoms with van der Waals surface area (Å²) in [6, 6.07) is 12.2. The van der Waals surface area contributed by atoms with E-state index in [1.165, 1.54) is 0 Å². The van der Waals surface area contributed by atoms with Gasteiger partial charge in [-0.3, -0.25) is 4.79 Å². The lowest BCUT2D eigenvalue weighted by Crippen LogP contribution is -2.47. The number of hydrogen-bond acceptors (Lipinski definition) is 4. The van der Waals surface area contributed by atoms with Gasteiger partial charge in [-0.25, -0.2) is 0 Å². The van der Waals surface area contributed by atoms with Crippen molar-refractivity contribution in [1.29, 1.82) is 0 Å². The van der Waals surface area contributed by atoms with Gasteiger partial charge in [0.15, 0.2) is 0 Å². The molecule has 1 atom stereocenters. The van der Waals surface area contributed by atoms with Gasteiger partial charge in [0.1, 0.15) is 5.75 Å². The molecular weight excluding hydrogens is 293 g/mol. The lowest BCUT2D eigenvalue weighted by atomic mass is 9.75. The van der Waals surface area contributed by atoms with Crippen LogP contribution in [0.25, 0.3) is 0 Å². The van der Waals surface area contributed by atoms with Crippen molar-refractivity contribution in [2.75, 3.05) is 0 Å². The van der Waals surface area contributed by atoms with Gasteiger partial charge in [0, 0.05) is 5.56 Å². The van der Waals surface area contributed by atoms with Gasteiger partial charge in [-0.1, -0.05) is 35.9 Å². The summed E-state index contributed by atoms with van der Waals surface area (Å²) in [5, 5.41) is 31.7. The molecule has 0 saturated carbocycles. The number of benzene rings is 2. The number of amides is 1. The predicted octanol–water partition coefficient (Wildman–Crippen LogP) is 1.36. The van der Waals surface area contributed by atoms with E-state index in [1.807, 2.05) is 19.1 Å². The Kier molecular flexibility index (Phi) is 5.42. The number of carbonyl (C=O) groups excluding carboxylic acids is 1. The van der Waals surface area contributed by atoms with Gasteiger partial charge in [-0.15, -0.1) is 0 Å². The van der Waals surface area contributed by atoms with Crippen molar-refractivity contribution in [3.05, 3.63) is 64.7 Å². The summed E-state index contributed by atoms with van der Waals surface area (Å²) in [7, 11) is -1.73. The zero-order valence-corrected chi connectivity index (χ0v) is 13.2. The van der Waals surface area contributed by atoms with Gasteiger partial charge < -0.3 is 20.5 Å². The molecule has 0 radical (unpaired) electrons. The first-order valence-electron chi connectivity index (χ1n) is 7.39. The molecule has 120 valence electrons. The Morgan fingerprint density at radius 2 is 1.78 bits per heavy atom. The first-order valence-corrected chi connectivity index (χ1v) is 7.39. The van der Waals surface area contributed by atoms with E-state index in [0.717, 1.165) is 5.56 Å². The predicted molar refractivity (Wildman–Crippen MR) is 89.2 cm³/mol. The van der Waals surface area contributed by atoms with Gasteiger partial charge in [0.25, 0.3) is 5.91 Å². The van der Waals surface area contributed by atoms with Crippen molar-refractivity contribution in [2.45, 2.75) is 26.2 Å². The molecule has 0 bridgehead atoms. The number of phenols is 1. The van der Waals surface area contributed by atoms with E-state index in [9.17, 15) is 19.9 Å². The second kappa shape index (κ2) is 7.31. The Morgan fingerprint density at radius 3 is 2.39 bits per heavy atom. The van der Waals surface area contributed by atoms with Crippen LogP contribution in [0.5, 0.6) is 5.75 Å². The minimum atomic E-state index is -1.73. The molecule has 0 aromatic heterocycles. The van der Waals surface area contributed by atoms with Gasteiger partial charge in [-0.05, 0) is 43.5 Å². The summed E-state index contributed by atoms with van der Waals surface area (Å²) in [6.07, 6.45) is 0.114. The first-order chi connectivity index (χ1) is 10.9. The smallest absolute Gasteiger partial charge is 0.475 e. The average molecular weight is 313 g/mol. The molecule has 1 unspecified atom stereocenters. The molecule has 6 heteroatoms. The summed E-state index contributed by atoms with van der Waals surface area (Å²) < 4.78 is 0. The van der Waals surface area contributed by atoms with E-state index in [0.29, 0.717) is 16.7 Å². The molecule has 0 aliphatic carbocycles. The molecule has 1 amide bonds. The Hall–Kier alpha value is -2.31. The lowest BCUT2D eigenvalue weighted by molar-refractivity contribution is 0.0942. The number of aromatic hydroxyl groups is 1. The van der Waals surface area contributed by atoms with Crippen molar-refractivity contribution >= 4 is 13.0 Å². The summed E-state index contributed by atoms with van der Waals surface area (Å²) in [4.78, 5) is 12.2. The molecule has 0 fully saturated rings. The fraction of sp³-hybridized carbons (Fsp3) is 0.235. The van der Waals surface area contributed by atoms with Crippen LogP contribution in [0.2, 0.25) is 0 Å². The number of aryl methyl sites for hydroxylation is 2. The number of rotatable bonds is 5. The van der Waals surface area contributed by atoms with Crippen LogP contribution in [-0.4, -0.2) is 34.1 Å². The Labute approximate surface area is 135 Å². The molecule has 23 heavy (non-hydrogen) atoms. The van der Waals surface area contributed by atoms with Gasteiger partial charge in [0.05, 0.1) is 5.94 Å². The van der Waals surface area contributed by atoms with Crippen molar-refractivity contribution < 1.29 is 19.9 Å². The topological polar surface area (TPSA) is 89.8 Å². The number of phenolic OH excluding ortho intramolecular Hbond substituents is 1. The standard InChI is InChI=1S/C17H20BNO4/c1-11-6-8-13(9-7-11)17(21)19-15(18(22)23)10-14-5-3-4-12(2)16(14)20/h3-9,15,20,22-23H,10H2,1-2H3,(H,19,21). The second-order valence-corrected chi connectivity index (χ2v) is 5.65. The molecule has 0 aliphatic heterocycles. The maximum absolute atomic E-state index is 12.2. The van der Waals surface area contributed by atoms with Gasteiger partial charge in [0.2, 0.25) is 0 Å². The van der Waals surface area contributed by atoms with Gasteiger partial charge >= 0.3 is 7.12 Å². The Morgan fingerprint density at radius 1 is 1.13 bits per heavy atom. The highest BCUT2D eigenvalue weighted by Crippen LogP contribution is 2.23. The van der Waals surface area contributed by atoms with Crippen LogP contribution >= 0.6 is 0 Å². The van der Waals surface area contributed by atoms with E-state index >= 15 is 0 Å². The zero-order valence-electron chi connectivity index (χ0n) is 13.2. The lowest BCUT2D eigenvalue weighted by Gasteiger charge is -2.19. The van der Waals surface area contributed by atoms with Crippen molar-refractivity contribution in [1.82, 2.24) is 5.32 Å². The van der Waals surface area contributed by atoms with Crippen LogP contribution in [0.15, 0.2) is 42.5 Å². The third-order valence-corrected chi connectivity index (χ3v) is 3.75. The summed E-state index contributed by atoms with van der Waals surface area (Å²) in [5.74, 6) is -1.21. The highest BCUT2D eigenvalue weighted by atomic mass is 16.4. The molecule has 0 spiro atoms. The van der Waals surface area contributed by atoms with Crippen LogP contribution in [-0.2, 0) is 6.42 Å². The normalized spacial score (nSPS) is 11.8. The SMILES string of the molecule is Cc1ccc(C(=O)NC(Cc2cccc(C)c2O)B(O)O)cc1. The fourth-order valence-electron chi connectivity index (χ4n) is 2.31. The Bertz CT molecular complexity index is 685.